The SMILES string of the molecule is C=CC(=O)OC1CC(CC)(C(F)(F)F)OC(O)(C(F)(F)F)C1(F)F. The molecule has 0 saturated carbocycles. The van der Waals surface area contributed by atoms with Crippen molar-refractivity contribution in [2.75, 3.05) is 0 Å². The van der Waals surface area contributed by atoms with Crippen molar-refractivity contribution in [2.45, 2.75) is 55.5 Å². The van der Waals surface area contributed by atoms with E-state index in [9.17, 15) is 45.0 Å². The molecule has 1 heterocycles. The molecule has 0 aromatic rings. The molecule has 1 N–H and O–H groups in total. The van der Waals surface area contributed by atoms with E-state index in [1.165, 1.54) is 0 Å². The lowest BCUT2D eigenvalue weighted by Crippen LogP contribution is -2.75. The van der Waals surface area contributed by atoms with Gasteiger partial charge in [-0.1, -0.05) is 13.5 Å². The predicted octanol–water partition coefficient (Wildman–Crippen LogP) is 3.10. The lowest BCUT2D eigenvalue weighted by atomic mass is 9.82. The highest BCUT2D eigenvalue weighted by molar-refractivity contribution is 5.81. The van der Waals surface area contributed by atoms with Gasteiger partial charge >= 0.3 is 30.0 Å². The summed E-state index contributed by atoms with van der Waals surface area (Å²) in [7, 11) is 0. The highest BCUT2D eigenvalue weighted by Crippen LogP contribution is 2.57. The number of aliphatic hydroxyl groups is 1. The van der Waals surface area contributed by atoms with E-state index in [0.717, 1.165) is 6.92 Å². The fourth-order valence-electron chi connectivity index (χ4n) is 2.18. The summed E-state index contributed by atoms with van der Waals surface area (Å²) in [6.07, 6.45) is -17.9. The number of rotatable bonds is 3. The van der Waals surface area contributed by atoms with Gasteiger partial charge in [-0.15, -0.1) is 0 Å². The van der Waals surface area contributed by atoms with E-state index in [2.05, 4.69) is 16.1 Å². The zero-order valence-corrected chi connectivity index (χ0v) is 12.0. The molecule has 4 nitrogen and oxygen atoms in total. The van der Waals surface area contributed by atoms with Gasteiger partial charge in [-0.05, 0) is 6.42 Å². The molecule has 12 heteroatoms. The van der Waals surface area contributed by atoms with Gasteiger partial charge in [0.15, 0.2) is 11.7 Å². The van der Waals surface area contributed by atoms with Crippen molar-refractivity contribution < 1.29 is 54.5 Å². The third-order valence-electron chi connectivity index (χ3n) is 3.61. The Labute approximate surface area is 130 Å². The number of hydrogen-bond acceptors (Lipinski definition) is 4. The van der Waals surface area contributed by atoms with E-state index in [-0.39, 0.29) is 6.08 Å². The molecule has 0 aromatic heterocycles. The van der Waals surface area contributed by atoms with E-state index < -0.39 is 54.6 Å². The summed E-state index contributed by atoms with van der Waals surface area (Å²) < 4.78 is 114. The molecule has 1 rings (SSSR count). The number of carbonyl (C=O) groups is 1. The van der Waals surface area contributed by atoms with Gasteiger partial charge in [0.2, 0.25) is 0 Å². The van der Waals surface area contributed by atoms with E-state index in [1.54, 1.807) is 0 Å². The first-order chi connectivity index (χ1) is 10.6. The maximum atomic E-state index is 14.0. The van der Waals surface area contributed by atoms with Crippen molar-refractivity contribution in [1.82, 2.24) is 0 Å². The summed E-state index contributed by atoms with van der Waals surface area (Å²) >= 11 is 0. The zero-order valence-electron chi connectivity index (χ0n) is 12.0. The molecular formula is C12H12F8O4. The molecule has 0 aromatic carbocycles. The van der Waals surface area contributed by atoms with Crippen molar-refractivity contribution in [1.29, 1.82) is 0 Å². The van der Waals surface area contributed by atoms with E-state index in [0.29, 0.717) is 0 Å². The highest BCUT2D eigenvalue weighted by atomic mass is 19.4. The number of ether oxygens (including phenoxy) is 2. The minimum absolute atomic E-state index is 0.277. The first-order valence-electron chi connectivity index (χ1n) is 6.35. The molecule has 0 bridgehead atoms. The van der Waals surface area contributed by atoms with Crippen molar-refractivity contribution in [3.63, 3.8) is 0 Å². The molecule has 3 unspecified atom stereocenters. The normalized spacial score (nSPS) is 33.8. The minimum atomic E-state index is -6.30. The van der Waals surface area contributed by atoms with Crippen LogP contribution in [0.25, 0.3) is 0 Å². The van der Waals surface area contributed by atoms with Gasteiger partial charge in [0.1, 0.15) is 0 Å². The average molecular weight is 372 g/mol. The van der Waals surface area contributed by atoms with Crippen LogP contribution >= 0.6 is 0 Å². The van der Waals surface area contributed by atoms with E-state index >= 15 is 0 Å². The second kappa shape index (κ2) is 5.83. The molecule has 0 amide bonds. The van der Waals surface area contributed by atoms with E-state index in [1.807, 2.05) is 0 Å². The Morgan fingerprint density at radius 1 is 1.29 bits per heavy atom. The molecule has 1 fully saturated rings. The van der Waals surface area contributed by atoms with Gasteiger partial charge in [-0.2, -0.15) is 35.1 Å². The number of halogens is 8. The fourth-order valence-corrected chi connectivity index (χ4v) is 2.18. The molecule has 24 heavy (non-hydrogen) atoms. The first kappa shape index (κ1) is 20.6. The van der Waals surface area contributed by atoms with Gasteiger partial charge in [0, 0.05) is 12.5 Å². The topological polar surface area (TPSA) is 55.8 Å². The third-order valence-corrected chi connectivity index (χ3v) is 3.61. The molecule has 1 saturated heterocycles. The Morgan fingerprint density at radius 2 is 1.79 bits per heavy atom. The first-order valence-corrected chi connectivity index (χ1v) is 6.35. The maximum absolute atomic E-state index is 14.0. The third kappa shape index (κ3) is 2.96. The summed E-state index contributed by atoms with van der Waals surface area (Å²) in [6, 6.07) is 0. The molecule has 1 aliphatic heterocycles. The van der Waals surface area contributed by atoms with Crippen LogP contribution in [0.3, 0.4) is 0 Å². The number of alkyl halides is 8. The zero-order chi connectivity index (χ0) is 19.2. The lowest BCUT2D eigenvalue weighted by Gasteiger charge is -2.51. The van der Waals surface area contributed by atoms with Crippen molar-refractivity contribution in [3.05, 3.63) is 12.7 Å². The number of hydrogen-bond donors (Lipinski definition) is 1. The van der Waals surface area contributed by atoms with Crippen LogP contribution in [0.15, 0.2) is 12.7 Å². The summed E-state index contributed by atoms with van der Waals surface area (Å²) in [5.74, 6) is -12.6. The van der Waals surface area contributed by atoms with Crippen LogP contribution in [0, 0.1) is 0 Å². The Bertz CT molecular complexity index is 514. The van der Waals surface area contributed by atoms with Gasteiger partial charge < -0.3 is 14.6 Å². The smallest absolute Gasteiger partial charge is 0.449 e. The van der Waals surface area contributed by atoms with Crippen LogP contribution in [0.1, 0.15) is 19.8 Å². The molecule has 0 radical (unpaired) electrons. The molecule has 0 spiro atoms. The van der Waals surface area contributed by atoms with E-state index in [4.69, 9.17) is 0 Å². The molecule has 3 atom stereocenters. The Morgan fingerprint density at radius 3 is 2.12 bits per heavy atom. The minimum Gasteiger partial charge on any atom is -0.452 e. The van der Waals surface area contributed by atoms with Gasteiger partial charge in [-0.3, -0.25) is 0 Å². The molecule has 1 aliphatic rings. The monoisotopic (exact) mass is 372 g/mol. The summed E-state index contributed by atoms with van der Waals surface area (Å²) in [5, 5.41) is 9.31. The van der Waals surface area contributed by atoms with Crippen molar-refractivity contribution in [3.8, 4) is 0 Å². The molecule has 140 valence electrons. The van der Waals surface area contributed by atoms with Gasteiger partial charge in [0.25, 0.3) is 0 Å². The average Bonchev–Trinajstić information content (AvgIpc) is 2.41. The van der Waals surface area contributed by atoms with Gasteiger partial charge in [0.05, 0.1) is 0 Å². The summed E-state index contributed by atoms with van der Waals surface area (Å²) in [6.45, 7) is 3.53. The standard InChI is InChI=1S/C12H12F8O4/c1-3-7(21)23-6-5-8(4-2,11(15,16)17)24-10(22,9(6,13)14)12(18,19)20/h3,6,22H,1,4-5H2,2H3. The van der Waals surface area contributed by atoms with Crippen molar-refractivity contribution >= 4 is 5.97 Å². The van der Waals surface area contributed by atoms with Crippen LogP contribution in [-0.4, -0.2) is 46.8 Å². The summed E-state index contributed by atoms with van der Waals surface area (Å²) in [4.78, 5) is 11.0. The molecular weight excluding hydrogens is 360 g/mol. The fraction of sp³-hybridized carbons (Fsp3) is 0.750. The van der Waals surface area contributed by atoms with Crippen LogP contribution in [0.5, 0.6) is 0 Å². The van der Waals surface area contributed by atoms with Gasteiger partial charge in [-0.25, -0.2) is 4.79 Å². The second-order valence-electron chi connectivity index (χ2n) is 5.05. The maximum Gasteiger partial charge on any atom is 0.449 e. The molecule has 0 aliphatic carbocycles. The van der Waals surface area contributed by atoms with Crippen LogP contribution in [0.4, 0.5) is 35.1 Å². The largest absolute Gasteiger partial charge is 0.452 e. The summed E-state index contributed by atoms with van der Waals surface area (Å²) in [5.41, 5.74) is -3.80. The quantitative estimate of drug-likeness (QED) is 0.470. The van der Waals surface area contributed by atoms with Crippen LogP contribution in [-0.2, 0) is 14.3 Å². The lowest BCUT2D eigenvalue weighted by molar-refractivity contribution is -0.504. The van der Waals surface area contributed by atoms with Crippen LogP contribution in [0.2, 0.25) is 0 Å². The second-order valence-corrected chi connectivity index (χ2v) is 5.05. The Balaban J connectivity index is 3.55. The van der Waals surface area contributed by atoms with Crippen LogP contribution < -0.4 is 0 Å². The Hall–Kier alpha value is -1.43. The predicted molar refractivity (Wildman–Crippen MR) is 60.8 cm³/mol. The van der Waals surface area contributed by atoms with Crippen molar-refractivity contribution in [2.24, 2.45) is 0 Å². The number of carbonyl (C=O) groups excluding carboxylic acids is 1. The highest BCUT2D eigenvalue weighted by Gasteiger charge is 2.82. The number of esters is 1. The Kier molecular flexibility index (Phi) is 5.01.